The standard InChI is InChI=1S/C33H34F2N10OS/c1-19(46)40-24-8-4-22(5-9-24)31-42-43-32(47-31)27-17-37-29(30-11-10-26-12-20(14-36)15-39-45(26)30)13-28(27)41-25-6-2-21(3-7-25)23-16-38-44(18-23)33(34)35/h10-13,15-18,21-22,24-25,33H,2-9H2,1H3,(H,37,41)(H,40,46)/t21-,22-,24-,25-. The van der Waals surface area contributed by atoms with E-state index in [9.17, 15) is 18.8 Å². The van der Waals surface area contributed by atoms with Crippen LogP contribution in [0.25, 0.3) is 27.5 Å². The molecule has 0 bridgehead atoms. The first-order valence-corrected chi connectivity index (χ1v) is 16.7. The van der Waals surface area contributed by atoms with Crippen molar-refractivity contribution in [3.8, 4) is 28.0 Å². The Labute approximate surface area is 274 Å². The molecule has 0 unspecified atom stereocenters. The highest BCUT2D eigenvalue weighted by Crippen LogP contribution is 2.41. The van der Waals surface area contributed by atoms with Gasteiger partial charge in [-0.3, -0.25) is 9.78 Å². The van der Waals surface area contributed by atoms with Crippen LogP contribution in [0.5, 0.6) is 0 Å². The smallest absolute Gasteiger partial charge is 0.333 e. The second-order valence-electron chi connectivity index (χ2n) is 12.4. The molecule has 2 aliphatic carbocycles. The van der Waals surface area contributed by atoms with Crippen LogP contribution in [-0.2, 0) is 4.79 Å². The second kappa shape index (κ2) is 13.2. The third kappa shape index (κ3) is 6.58. The van der Waals surface area contributed by atoms with Crippen molar-refractivity contribution >= 4 is 28.4 Å². The summed E-state index contributed by atoms with van der Waals surface area (Å²) in [6.07, 6.45) is 13.6. The number of amides is 1. The number of alkyl halides is 2. The molecular weight excluding hydrogens is 622 g/mol. The van der Waals surface area contributed by atoms with Crippen LogP contribution in [0.15, 0.2) is 49.1 Å². The number of hydrogen-bond donors (Lipinski definition) is 2. The van der Waals surface area contributed by atoms with Crippen LogP contribution in [0, 0.1) is 11.3 Å². The number of nitrogens with one attached hydrogen (secondary N) is 2. The Balaban J connectivity index is 1.14. The van der Waals surface area contributed by atoms with Crippen molar-refractivity contribution in [3.63, 3.8) is 0 Å². The molecule has 5 heterocycles. The van der Waals surface area contributed by atoms with Gasteiger partial charge in [-0.15, -0.1) is 10.2 Å². The summed E-state index contributed by atoms with van der Waals surface area (Å²) in [5.41, 5.74) is 5.43. The normalized spacial score (nSPS) is 21.5. The largest absolute Gasteiger partial charge is 0.382 e. The lowest BCUT2D eigenvalue weighted by Crippen LogP contribution is -2.35. The molecule has 0 aliphatic heterocycles. The maximum atomic E-state index is 13.1. The molecule has 5 aromatic heterocycles. The summed E-state index contributed by atoms with van der Waals surface area (Å²) in [6.45, 7) is -1.08. The summed E-state index contributed by atoms with van der Waals surface area (Å²) in [5.74, 6) is 0.502. The number of carbonyl (C=O) groups is 1. The van der Waals surface area contributed by atoms with Crippen LogP contribution in [0.4, 0.5) is 14.5 Å². The molecule has 7 rings (SSSR count). The van der Waals surface area contributed by atoms with Crippen molar-refractivity contribution in [2.75, 3.05) is 5.32 Å². The van der Waals surface area contributed by atoms with Gasteiger partial charge in [0.15, 0.2) is 5.01 Å². The molecule has 2 aliphatic rings. The number of carbonyl (C=O) groups excluding carboxylic acids is 1. The molecule has 2 saturated carbocycles. The first-order valence-electron chi connectivity index (χ1n) is 15.9. The molecule has 0 atom stereocenters. The molecule has 0 radical (unpaired) electrons. The Bertz CT molecular complexity index is 1930. The minimum absolute atomic E-state index is 0.00909. The molecular formula is C33H34F2N10OS. The van der Waals surface area contributed by atoms with E-state index in [0.717, 1.165) is 99.8 Å². The molecule has 11 nitrogen and oxygen atoms in total. The van der Waals surface area contributed by atoms with Crippen LogP contribution >= 0.6 is 11.3 Å². The fourth-order valence-electron chi connectivity index (χ4n) is 6.88. The molecule has 5 aromatic rings. The van der Waals surface area contributed by atoms with Crippen molar-refractivity contribution in [1.29, 1.82) is 5.26 Å². The molecule has 2 fully saturated rings. The van der Waals surface area contributed by atoms with Crippen LogP contribution < -0.4 is 10.6 Å². The topological polar surface area (TPSA) is 139 Å². The molecule has 2 N–H and O–H groups in total. The first-order chi connectivity index (χ1) is 22.8. The van der Waals surface area contributed by atoms with E-state index >= 15 is 0 Å². The number of nitrogens with zero attached hydrogens (tertiary/aromatic N) is 8. The van der Waals surface area contributed by atoms with Gasteiger partial charge in [0, 0.05) is 43.0 Å². The first kappa shape index (κ1) is 30.9. The van der Waals surface area contributed by atoms with E-state index in [-0.39, 0.29) is 23.9 Å². The van der Waals surface area contributed by atoms with Crippen LogP contribution in [-0.4, -0.2) is 52.6 Å². The Morgan fingerprint density at radius 1 is 0.979 bits per heavy atom. The number of rotatable bonds is 8. The second-order valence-corrected chi connectivity index (χ2v) is 13.5. The van der Waals surface area contributed by atoms with Gasteiger partial charge < -0.3 is 10.6 Å². The Hall–Kier alpha value is -4.77. The van der Waals surface area contributed by atoms with Crippen LogP contribution in [0.2, 0.25) is 0 Å². The van der Waals surface area contributed by atoms with E-state index in [0.29, 0.717) is 11.5 Å². The molecule has 0 saturated heterocycles. The molecule has 47 heavy (non-hydrogen) atoms. The third-order valence-corrected chi connectivity index (χ3v) is 10.4. The van der Waals surface area contributed by atoms with Crippen molar-refractivity contribution in [1.82, 2.24) is 39.9 Å². The lowest BCUT2D eigenvalue weighted by atomic mass is 9.83. The van der Waals surface area contributed by atoms with Gasteiger partial charge in [-0.25, -0.2) is 9.20 Å². The van der Waals surface area contributed by atoms with Gasteiger partial charge in [-0.1, -0.05) is 11.3 Å². The van der Waals surface area contributed by atoms with E-state index in [1.807, 2.05) is 24.4 Å². The van der Waals surface area contributed by atoms with Gasteiger partial charge in [0.05, 0.1) is 40.4 Å². The maximum Gasteiger partial charge on any atom is 0.333 e. The zero-order chi connectivity index (χ0) is 32.5. The molecule has 0 aromatic carbocycles. The fraction of sp³-hybridized carbons (Fsp3) is 0.424. The quantitative estimate of drug-likeness (QED) is 0.189. The number of fused-ring (bicyclic) bond motifs is 1. The van der Waals surface area contributed by atoms with Gasteiger partial charge >= 0.3 is 6.55 Å². The van der Waals surface area contributed by atoms with E-state index in [2.05, 4.69) is 37.1 Å². The number of nitriles is 1. The van der Waals surface area contributed by atoms with Crippen LogP contribution in [0.1, 0.15) is 92.8 Å². The van der Waals surface area contributed by atoms with E-state index in [1.54, 1.807) is 41.2 Å². The highest BCUT2D eigenvalue weighted by atomic mass is 32.1. The Kier molecular flexibility index (Phi) is 8.64. The average molecular weight is 657 g/mol. The average Bonchev–Trinajstić information content (AvgIpc) is 3.85. The summed E-state index contributed by atoms with van der Waals surface area (Å²) >= 11 is 1.59. The lowest BCUT2D eigenvalue weighted by Gasteiger charge is -2.30. The van der Waals surface area contributed by atoms with Gasteiger partial charge in [0.2, 0.25) is 5.91 Å². The minimum atomic E-state index is -2.64. The van der Waals surface area contributed by atoms with Crippen molar-refractivity contribution in [2.45, 2.75) is 88.8 Å². The summed E-state index contributed by atoms with van der Waals surface area (Å²) in [4.78, 5) is 16.3. The summed E-state index contributed by atoms with van der Waals surface area (Å²) in [7, 11) is 0. The van der Waals surface area contributed by atoms with E-state index in [4.69, 9.17) is 4.98 Å². The Morgan fingerprint density at radius 2 is 1.74 bits per heavy atom. The molecule has 0 spiro atoms. The fourth-order valence-corrected chi connectivity index (χ4v) is 7.92. The summed E-state index contributed by atoms with van der Waals surface area (Å²) < 4.78 is 28.7. The van der Waals surface area contributed by atoms with Gasteiger partial charge in [-0.05, 0) is 87.1 Å². The minimum Gasteiger partial charge on any atom is -0.382 e. The highest BCUT2D eigenvalue weighted by Gasteiger charge is 2.28. The van der Waals surface area contributed by atoms with Crippen LogP contribution in [0.3, 0.4) is 0 Å². The SMILES string of the molecule is CC(=O)N[C@H]1CC[C@H](c2nnc(-c3cnc(-c4ccc5cc(C#N)cnn45)cc3N[C@H]3CC[C@H](c4cnn(C(F)F)c4)CC3)s2)CC1. The van der Waals surface area contributed by atoms with E-state index in [1.165, 1.54) is 6.20 Å². The highest BCUT2D eigenvalue weighted by molar-refractivity contribution is 7.14. The van der Waals surface area contributed by atoms with Crippen molar-refractivity contribution < 1.29 is 13.6 Å². The zero-order valence-electron chi connectivity index (χ0n) is 25.8. The zero-order valence-corrected chi connectivity index (χ0v) is 26.6. The third-order valence-electron chi connectivity index (χ3n) is 9.33. The van der Waals surface area contributed by atoms with Gasteiger partial charge in [-0.2, -0.15) is 24.2 Å². The number of anilines is 1. The Morgan fingerprint density at radius 3 is 2.47 bits per heavy atom. The lowest BCUT2D eigenvalue weighted by molar-refractivity contribution is -0.119. The van der Waals surface area contributed by atoms with E-state index < -0.39 is 6.55 Å². The number of aromatic nitrogens is 7. The molecule has 1 amide bonds. The van der Waals surface area contributed by atoms with Crippen molar-refractivity contribution in [3.05, 3.63) is 65.2 Å². The maximum absolute atomic E-state index is 13.1. The monoisotopic (exact) mass is 656 g/mol. The molecule has 14 heteroatoms. The predicted octanol–water partition coefficient (Wildman–Crippen LogP) is 6.68. The van der Waals surface area contributed by atoms with Gasteiger partial charge in [0.1, 0.15) is 11.1 Å². The summed E-state index contributed by atoms with van der Waals surface area (Å²) in [5, 5.41) is 35.4. The summed E-state index contributed by atoms with van der Waals surface area (Å²) in [6, 6.07) is 10.2. The predicted molar refractivity (Wildman–Crippen MR) is 173 cm³/mol. The number of pyridine rings is 1. The van der Waals surface area contributed by atoms with Gasteiger partial charge in [0.25, 0.3) is 0 Å². The molecule has 242 valence electrons. The van der Waals surface area contributed by atoms with Crippen molar-refractivity contribution in [2.24, 2.45) is 0 Å². The number of hydrogen-bond acceptors (Lipinski definition) is 9. The number of halogens is 2.